The van der Waals surface area contributed by atoms with Gasteiger partial charge in [0.25, 0.3) is 0 Å². The van der Waals surface area contributed by atoms with Crippen LogP contribution in [-0.2, 0) is 35.1 Å². The van der Waals surface area contributed by atoms with Crippen molar-refractivity contribution in [2.24, 2.45) is 11.8 Å². The van der Waals surface area contributed by atoms with Crippen LogP contribution < -0.4 is 10.6 Å². The van der Waals surface area contributed by atoms with Gasteiger partial charge in [0.2, 0.25) is 17.7 Å². The highest BCUT2D eigenvalue weighted by atomic mass is 35.5. The SMILES string of the molecule is COC1C(=O)OC(C)C(C)C=C(C)CC(C)C(=O)NC(C)C(=O)N(C)C(Cc2c(Cl)[nH]c3ccccc23)C(=O)NC1c1ccc(O)c(Cl)c1. The number of nitrogens with one attached hydrogen (secondary N) is 3. The molecule has 11 nitrogen and oxygen atoms in total. The Labute approximate surface area is 296 Å². The number of hydrogen-bond acceptors (Lipinski definition) is 7. The highest BCUT2D eigenvalue weighted by Gasteiger charge is 2.38. The number of cyclic esters (lactones) is 1. The lowest BCUT2D eigenvalue weighted by atomic mass is 9.95. The molecule has 0 bridgehead atoms. The molecule has 7 atom stereocenters. The number of fused-ring (bicyclic) bond motifs is 1. The van der Waals surface area contributed by atoms with Crippen LogP contribution in [0.2, 0.25) is 10.2 Å². The van der Waals surface area contributed by atoms with Crippen molar-refractivity contribution in [3.63, 3.8) is 0 Å². The molecule has 4 rings (SSSR count). The van der Waals surface area contributed by atoms with Crippen LogP contribution in [0.25, 0.3) is 10.9 Å². The molecule has 0 saturated heterocycles. The molecule has 3 aromatic rings. The number of carbonyl (C=O) groups is 4. The van der Waals surface area contributed by atoms with Gasteiger partial charge < -0.3 is 35.1 Å². The number of H-pyrrole nitrogens is 1. The average molecular weight is 716 g/mol. The van der Waals surface area contributed by atoms with Gasteiger partial charge in [0.15, 0.2) is 6.10 Å². The van der Waals surface area contributed by atoms with E-state index in [4.69, 9.17) is 32.7 Å². The molecule has 2 aromatic carbocycles. The molecule has 0 saturated carbocycles. The molecular weight excluding hydrogens is 671 g/mol. The molecule has 13 heteroatoms. The second-order valence-electron chi connectivity index (χ2n) is 12.8. The van der Waals surface area contributed by atoms with E-state index in [9.17, 15) is 24.3 Å². The molecule has 0 fully saturated rings. The molecule has 264 valence electrons. The number of esters is 1. The fraction of sp³-hybridized carbons (Fsp3) is 0.444. The van der Waals surface area contributed by atoms with E-state index in [0.717, 1.165) is 16.5 Å². The van der Waals surface area contributed by atoms with Crippen molar-refractivity contribution >= 4 is 57.8 Å². The number of aromatic hydroxyl groups is 1. The third kappa shape index (κ3) is 8.76. The molecule has 7 unspecified atom stereocenters. The summed E-state index contributed by atoms with van der Waals surface area (Å²) in [5.74, 6) is -3.10. The molecule has 1 aromatic heterocycles. The van der Waals surface area contributed by atoms with Gasteiger partial charge in [-0.05, 0) is 56.5 Å². The van der Waals surface area contributed by atoms with Gasteiger partial charge in [-0.2, -0.15) is 0 Å². The number of methoxy groups -OCH3 is 1. The number of nitrogens with zero attached hydrogens (tertiary/aromatic N) is 1. The Balaban J connectivity index is 1.84. The number of aromatic amines is 1. The smallest absolute Gasteiger partial charge is 0.338 e. The predicted octanol–water partition coefficient (Wildman–Crippen LogP) is 5.48. The number of amides is 3. The molecule has 1 aliphatic rings. The molecule has 1 aliphatic heterocycles. The summed E-state index contributed by atoms with van der Waals surface area (Å²) in [6, 6.07) is 8.36. The van der Waals surface area contributed by atoms with E-state index in [-0.39, 0.29) is 29.0 Å². The number of aromatic nitrogens is 1. The molecule has 3 amide bonds. The molecule has 4 N–H and O–H groups in total. The lowest BCUT2D eigenvalue weighted by molar-refractivity contribution is -0.164. The first-order valence-electron chi connectivity index (χ1n) is 16.1. The quantitative estimate of drug-likeness (QED) is 0.207. The minimum atomic E-state index is -1.35. The maximum Gasteiger partial charge on any atom is 0.338 e. The Morgan fingerprint density at radius 1 is 1.00 bits per heavy atom. The molecule has 2 heterocycles. The zero-order chi connectivity index (χ0) is 36.2. The zero-order valence-corrected chi connectivity index (χ0v) is 30.2. The molecule has 49 heavy (non-hydrogen) atoms. The van der Waals surface area contributed by atoms with Gasteiger partial charge in [0.05, 0.1) is 11.1 Å². The second-order valence-corrected chi connectivity index (χ2v) is 13.6. The lowest BCUT2D eigenvalue weighted by Gasteiger charge is -2.33. The maximum atomic E-state index is 14.5. The fourth-order valence-electron chi connectivity index (χ4n) is 6.10. The van der Waals surface area contributed by atoms with E-state index in [2.05, 4.69) is 15.6 Å². The van der Waals surface area contributed by atoms with Gasteiger partial charge in [-0.3, -0.25) is 14.4 Å². The van der Waals surface area contributed by atoms with Gasteiger partial charge in [0.1, 0.15) is 29.1 Å². The fourth-order valence-corrected chi connectivity index (χ4v) is 6.57. The van der Waals surface area contributed by atoms with E-state index in [0.29, 0.717) is 22.7 Å². The number of likely N-dealkylation sites (N-methyl/N-ethyl adjacent to an activating group) is 1. The van der Waals surface area contributed by atoms with E-state index >= 15 is 0 Å². The number of allylic oxidation sites excluding steroid dienone is 1. The number of ether oxygens (including phenoxy) is 2. The van der Waals surface area contributed by atoms with Crippen LogP contribution >= 0.6 is 23.2 Å². The molecular formula is C36H44Cl2N4O7. The summed E-state index contributed by atoms with van der Waals surface area (Å²) in [5, 5.41) is 16.9. The lowest BCUT2D eigenvalue weighted by Crippen LogP contribution is -2.56. The maximum absolute atomic E-state index is 14.5. The first-order chi connectivity index (χ1) is 23.1. The molecule has 0 aliphatic carbocycles. The van der Waals surface area contributed by atoms with Crippen molar-refractivity contribution in [1.82, 2.24) is 20.5 Å². The summed E-state index contributed by atoms with van der Waals surface area (Å²) in [4.78, 5) is 59.7. The normalized spacial score (nSPS) is 26.8. The number of hydrogen-bond donors (Lipinski definition) is 4. The van der Waals surface area contributed by atoms with Crippen molar-refractivity contribution in [2.75, 3.05) is 14.2 Å². The van der Waals surface area contributed by atoms with E-state index < -0.39 is 54.0 Å². The number of halogens is 2. The first-order valence-corrected chi connectivity index (χ1v) is 16.9. The largest absolute Gasteiger partial charge is 0.506 e. The third-order valence-corrected chi connectivity index (χ3v) is 9.71. The minimum absolute atomic E-state index is 0.00903. The van der Waals surface area contributed by atoms with Gasteiger partial charge in [0, 0.05) is 43.3 Å². The summed E-state index contributed by atoms with van der Waals surface area (Å²) >= 11 is 12.9. The number of benzene rings is 2. The van der Waals surface area contributed by atoms with Crippen molar-refractivity contribution in [1.29, 1.82) is 0 Å². The Kier molecular flexibility index (Phi) is 12.4. The topological polar surface area (TPSA) is 150 Å². The van der Waals surface area contributed by atoms with Gasteiger partial charge in [-0.1, -0.05) is 73.0 Å². The Bertz CT molecular complexity index is 1740. The highest BCUT2D eigenvalue weighted by molar-refractivity contribution is 6.32. The Morgan fingerprint density at radius 2 is 1.69 bits per heavy atom. The number of phenolic OH excluding ortho intramolecular Hbond substituents is 1. The van der Waals surface area contributed by atoms with Crippen LogP contribution in [0.3, 0.4) is 0 Å². The molecule has 0 spiro atoms. The van der Waals surface area contributed by atoms with Crippen molar-refractivity contribution in [3.8, 4) is 5.75 Å². The van der Waals surface area contributed by atoms with Crippen LogP contribution in [0.5, 0.6) is 5.75 Å². The number of phenols is 1. The van der Waals surface area contributed by atoms with Crippen LogP contribution in [0, 0.1) is 11.8 Å². The van der Waals surface area contributed by atoms with Gasteiger partial charge >= 0.3 is 5.97 Å². The second kappa shape index (κ2) is 16.1. The summed E-state index contributed by atoms with van der Waals surface area (Å²) in [7, 11) is 2.80. The van der Waals surface area contributed by atoms with E-state index in [1.165, 1.54) is 37.3 Å². The van der Waals surface area contributed by atoms with Gasteiger partial charge in [-0.15, -0.1) is 0 Å². The summed E-state index contributed by atoms with van der Waals surface area (Å²) in [6.45, 7) is 8.88. The minimum Gasteiger partial charge on any atom is -0.506 e. The first kappa shape index (κ1) is 37.8. The van der Waals surface area contributed by atoms with Crippen LogP contribution in [0.15, 0.2) is 54.1 Å². The standard InChI is InChI=1S/C36H44Cl2N4O7/c1-18-14-19(2)22(5)49-36(47)31(48-7)30(23-12-13-29(43)26(37)16-23)41-34(45)28(17-25-24-10-8-9-11-27(24)40-32(25)38)42(6)35(46)21(4)39-33(44)20(3)15-18/h8-14,16,19-22,28,30-31,40,43H,15,17H2,1-7H3,(H,39,44)(H,41,45). The third-order valence-electron chi connectivity index (χ3n) is 9.09. The Morgan fingerprint density at radius 3 is 2.37 bits per heavy atom. The number of rotatable bonds is 4. The predicted molar refractivity (Wildman–Crippen MR) is 188 cm³/mol. The van der Waals surface area contributed by atoms with Crippen molar-refractivity contribution in [3.05, 3.63) is 75.4 Å². The Hall–Kier alpha value is -4.06. The van der Waals surface area contributed by atoms with Crippen molar-refractivity contribution in [2.45, 2.75) is 77.8 Å². The zero-order valence-electron chi connectivity index (χ0n) is 28.7. The van der Waals surface area contributed by atoms with Crippen LogP contribution in [-0.4, -0.2) is 77.1 Å². The van der Waals surface area contributed by atoms with Crippen molar-refractivity contribution < 1.29 is 33.8 Å². The summed E-state index contributed by atoms with van der Waals surface area (Å²) in [5.41, 5.74) is 2.61. The number of para-hydroxylation sites is 1. The van der Waals surface area contributed by atoms with Gasteiger partial charge in [-0.25, -0.2) is 4.79 Å². The average Bonchev–Trinajstić information content (AvgIpc) is 3.37. The summed E-state index contributed by atoms with van der Waals surface area (Å²) in [6.07, 6.45) is 0.400. The van der Waals surface area contributed by atoms with E-state index in [1.54, 1.807) is 20.8 Å². The van der Waals surface area contributed by atoms with E-state index in [1.807, 2.05) is 44.2 Å². The van der Waals surface area contributed by atoms with Crippen LogP contribution in [0.4, 0.5) is 0 Å². The highest BCUT2D eigenvalue weighted by Crippen LogP contribution is 2.32. The van der Waals surface area contributed by atoms with Crippen LogP contribution in [0.1, 0.15) is 58.2 Å². The summed E-state index contributed by atoms with van der Waals surface area (Å²) < 4.78 is 11.5. The molecule has 0 radical (unpaired) electrons. The number of carbonyl (C=O) groups excluding carboxylic acids is 4. The monoisotopic (exact) mass is 714 g/mol.